The number of benzene rings is 3. The van der Waals surface area contributed by atoms with E-state index >= 15 is 0 Å². The molecule has 3 aromatic carbocycles. The van der Waals surface area contributed by atoms with Gasteiger partial charge in [0, 0.05) is 56.1 Å². The molecule has 2 atom stereocenters. The second-order valence-corrected chi connectivity index (χ2v) is 9.80. The average molecular weight is 523 g/mol. The molecule has 2 unspecified atom stereocenters. The standard InChI is InChI=1S/C30H29F3N2O3/c1-34(2)26(36)19-35-17-24(28(37)21-9-5-3-6-10-21)27(20-13-15-23(16-14-20)30(31,32)33)25(18-35)29(38)22-11-7-4-8-12-22/h3-16,24-25,27H,17-19H2,1-2H3. The van der Waals surface area contributed by atoms with Crippen molar-refractivity contribution in [2.75, 3.05) is 33.7 Å². The first-order chi connectivity index (χ1) is 18.1. The van der Waals surface area contributed by atoms with E-state index in [4.69, 9.17) is 0 Å². The number of carbonyl (C=O) groups excluding carboxylic acids is 3. The number of hydrogen-bond acceptors (Lipinski definition) is 4. The zero-order valence-electron chi connectivity index (χ0n) is 21.2. The highest BCUT2D eigenvalue weighted by molar-refractivity contribution is 6.02. The van der Waals surface area contributed by atoms with Crippen molar-refractivity contribution in [1.82, 2.24) is 9.80 Å². The van der Waals surface area contributed by atoms with Gasteiger partial charge < -0.3 is 4.90 Å². The summed E-state index contributed by atoms with van der Waals surface area (Å²) >= 11 is 0. The Morgan fingerprint density at radius 3 is 1.61 bits per heavy atom. The minimum Gasteiger partial charge on any atom is -0.348 e. The lowest BCUT2D eigenvalue weighted by atomic mass is 9.68. The second-order valence-electron chi connectivity index (χ2n) is 9.80. The highest BCUT2D eigenvalue weighted by Gasteiger charge is 2.45. The van der Waals surface area contributed by atoms with Crippen LogP contribution in [0, 0.1) is 11.8 Å². The van der Waals surface area contributed by atoms with E-state index in [9.17, 15) is 27.6 Å². The van der Waals surface area contributed by atoms with E-state index in [0.717, 1.165) is 12.1 Å². The Kier molecular flexibility index (Phi) is 8.11. The van der Waals surface area contributed by atoms with Crippen LogP contribution in [0.2, 0.25) is 0 Å². The van der Waals surface area contributed by atoms with Gasteiger partial charge in [-0.3, -0.25) is 19.3 Å². The molecule has 0 aliphatic carbocycles. The fourth-order valence-electron chi connectivity index (χ4n) is 5.08. The number of likely N-dealkylation sites (tertiary alicyclic amines) is 1. The summed E-state index contributed by atoms with van der Waals surface area (Å²) in [4.78, 5) is 43.6. The number of piperidine rings is 1. The van der Waals surface area contributed by atoms with Gasteiger partial charge in [-0.1, -0.05) is 72.8 Å². The molecule has 5 nitrogen and oxygen atoms in total. The number of alkyl halides is 3. The summed E-state index contributed by atoms with van der Waals surface area (Å²) in [5, 5.41) is 0. The maximum atomic E-state index is 13.9. The summed E-state index contributed by atoms with van der Waals surface area (Å²) in [6.07, 6.45) is -4.51. The van der Waals surface area contributed by atoms with Crippen LogP contribution in [-0.2, 0) is 11.0 Å². The van der Waals surface area contributed by atoms with Gasteiger partial charge >= 0.3 is 6.18 Å². The summed E-state index contributed by atoms with van der Waals surface area (Å²) < 4.78 is 39.9. The lowest BCUT2D eigenvalue weighted by Gasteiger charge is -2.43. The minimum atomic E-state index is -4.51. The van der Waals surface area contributed by atoms with Crippen LogP contribution in [0.3, 0.4) is 0 Å². The summed E-state index contributed by atoms with van der Waals surface area (Å²) in [5.41, 5.74) is 0.578. The van der Waals surface area contributed by atoms with Crippen molar-refractivity contribution in [2.24, 2.45) is 11.8 Å². The molecule has 1 aliphatic rings. The maximum absolute atomic E-state index is 13.9. The highest BCUT2D eigenvalue weighted by Crippen LogP contribution is 2.41. The van der Waals surface area contributed by atoms with Crippen molar-refractivity contribution >= 4 is 17.5 Å². The van der Waals surface area contributed by atoms with Gasteiger partial charge in [0.25, 0.3) is 0 Å². The molecule has 1 saturated heterocycles. The van der Waals surface area contributed by atoms with Crippen LogP contribution in [0.15, 0.2) is 84.9 Å². The molecule has 1 heterocycles. The number of ketones is 2. The molecule has 0 saturated carbocycles. The van der Waals surface area contributed by atoms with E-state index in [0.29, 0.717) is 16.7 Å². The van der Waals surface area contributed by atoms with Crippen molar-refractivity contribution in [3.63, 3.8) is 0 Å². The fraction of sp³-hybridized carbons (Fsp3) is 0.300. The van der Waals surface area contributed by atoms with Gasteiger partial charge in [0.05, 0.1) is 12.1 Å². The van der Waals surface area contributed by atoms with Gasteiger partial charge in [-0.25, -0.2) is 0 Å². The molecule has 4 rings (SSSR count). The lowest BCUT2D eigenvalue weighted by molar-refractivity contribution is -0.137. The molecule has 8 heteroatoms. The van der Waals surface area contributed by atoms with E-state index in [-0.39, 0.29) is 37.1 Å². The van der Waals surface area contributed by atoms with Crippen LogP contribution >= 0.6 is 0 Å². The molecular weight excluding hydrogens is 493 g/mol. The predicted molar refractivity (Wildman–Crippen MR) is 138 cm³/mol. The Hall–Kier alpha value is -3.78. The number of halogens is 3. The zero-order valence-corrected chi connectivity index (χ0v) is 21.2. The molecule has 0 N–H and O–H groups in total. The Morgan fingerprint density at radius 1 is 0.763 bits per heavy atom. The van der Waals surface area contributed by atoms with E-state index in [2.05, 4.69) is 0 Å². The third-order valence-electron chi connectivity index (χ3n) is 7.05. The lowest BCUT2D eigenvalue weighted by Crippen LogP contribution is -2.52. The molecule has 0 bridgehead atoms. The summed E-state index contributed by atoms with van der Waals surface area (Å²) in [6.45, 7) is 0.402. The maximum Gasteiger partial charge on any atom is 0.416 e. The van der Waals surface area contributed by atoms with Crippen LogP contribution in [0.5, 0.6) is 0 Å². The van der Waals surface area contributed by atoms with Gasteiger partial charge in [0.2, 0.25) is 5.91 Å². The van der Waals surface area contributed by atoms with Crippen LogP contribution in [0.25, 0.3) is 0 Å². The number of hydrogen-bond donors (Lipinski definition) is 0. The number of rotatable bonds is 7. The summed E-state index contributed by atoms with van der Waals surface area (Å²) in [7, 11) is 3.27. The third-order valence-corrected chi connectivity index (χ3v) is 7.05. The molecule has 0 radical (unpaired) electrons. The second kappa shape index (κ2) is 11.3. The zero-order chi connectivity index (χ0) is 27.4. The topological polar surface area (TPSA) is 57.7 Å². The van der Waals surface area contributed by atoms with Crippen molar-refractivity contribution in [3.8, 4) is 0 Å². The summed E-state index contributed by atoms with van der Waals surface area (Å²) in [6, 6.07) is 22.0. The van der Waals surface area contributed by atoms with Crippen molar-refractivity contribution in [3.05, 3.63) is 107 Å². The molecule has 1 amide bonds. The molecule has 1 fully saturated rings. The minimum absolute atomic E-state index is 0.0177. The van der Waals surface area contributed by atoms with Crippen molar-refractivity contribution in [1.29, 1.82) is 0 Å². The molecule has 198 valence electrons. The number of carbonyl (C=O) groups is 3. The van der Waals surface area contributed by atoms with Crippen molar-refractivity contribution in [2.45, 2.75) is 12.1 Å². The quantitative estimate of drug-likeness (QED) is 0.401. The first-order valence-corrected chi connectivity index (χ1v) is 12.3. The average Bonchev–Trinajstić information content (AvgIpc) is 2.92. The van der Waals surface area contributed by atoms with Crippen LogP contribution in [-0.4, -0.2) is 61.0 Å². The fourth-order valence-corrected chi connectivity index (χ4v) is 5.08. The normalized spacial score (nSPS) is 20.1. The van der Waals surface area contributed by atoms with Gasteiger partial charge in [-0.2, -0.15) is 13.2 Å². The van der Waals surface area contributed by atoms with E-state index < -0.39 is 29.5 Å². The molecule has 1 aliphatic heterocycles. The Bertz CT molecular complexity index is 1210. The van der Waals surface area contributed by atoms with Crippen LogP contribution in [0.1, 0.15) is 37.8 Å². The van der Waals surface area contributed by atoms with E-state index in [1.165, 1.54) is 17.0 Å². The number of Topliss-reactive ketones (excluding diaryl/α,β-unsaturated/α-hetero) is 2. The molecule has 38 heavy (non-hydrogen) atoms. The van der Waals surface area contributed by atoms with E-state index in [1.54, 1.807) is 79.7 Å². The highest BCUT2D eigenvalue weighted by atomic mass is 19.4. The smallest absolute Gasteiger partial charge is 0.348 e. The van der Waals surface area contributed by atoms with Gasteiger partial charge in [-0.05, 0) is 17.7 Å². The Balaban J connectivity index is 1.81. The third kappa shape index (κ3) is 6.02. The molecule has 3 aromatic rings. The number of amides is 1. The summed E-state index contributed by atoms with van der Waals surface area (Å²) in [5.74, 6) is -2.80. The first kappa shape index (κ1) is 27.3. The predicted octanol–water partition coefficient (Wildman–Crippen LogP) is 5.19. The van der Waals surface area contributed by atoms with Gasteiger partial charge in [0.1, 0.15) is 0 Å². The number of nitrogens with zero attached hydrogens (tertiary/aromatic N) is 2. The Morgan fingerprint density at radius 2 is 1.21 bits per heavy atom. The monoisotopic (exact) mass is 522 g/mol. The van der Waals surface area contributed by atoms with Gasteiger partial charge in [-0.15, -0.1) is 0 Å². The SMILES string of the molecule is CN(C)C(=O)CN1CC(C(=O)c2ccccc2)C(c2ccc(C(F)(F)F)cc2)C(C(=O)c2ccccc2)C1. The van der Waals surface area contributed by atoms with Crippen molar-refractivity contribution < 1.29 is 27.6 Å². The Labute approximate surface area is 219 Å². The molecule has 0 aromatic heterocycles. The van der Waals surface area contributed by atoms with Gasteiger partial charge in [0.15, 0.2) is 11.6 Å². The van der Waals surface area contributed by atoms with E-state index in [1.807, 2.05) is 0 Å². The first-order valence-electron chi connectivity index (χ1n) is 12.3. The van der Waals surface area contributed by atoms with Crippen LogP contribution < -0.4 is 0 Å². The number of likely N-dealkylation sites (N-methyl/N-ethyl adjacent to an activating group) is 1. The molecular formula is C30H29F3N2O3. The molecule has 0 spiro atoms. The van der Waals surface area contributed by atoms with Crippen LogP contribution in [0.4, 0.5) is 13.2 Å². The largest absolute Gasteiger partial charge is 0.416 e.